The predicted molar refractivity (Wildman–Crippen MR) is 82.1 cm³/mol. The first-order valence-electron chi connectivity index (χ1n) is 7.45. The first-order chi connectivity index (χ1) is 10.2. The lowest BCUT2D eigenvalue weighted by molar-refractivity contribution is 0.0649. The number of amides is 1. The van der Waals surface area contributed by atoms with Crippen LogP contribution in [0.4, 0.5) is 0 Å². The lowest BCUT2D eigenvalue weighted by Gasteiger charge is -2.34. The highest BCUT2D eigenvalue weighted by Crippen LogP contribution is 2.30. The molecule has 1 N–H and O–H groups in total. The Morgan fingerprint density at radius 3 is 2.29 bits per heavy atom. The molecule has 1 heterocycles. The van der Waals surface area contributed by atoms with Crippen LogP contribution in [0.15, 0.2) is 18.2 Å². The minimum Gasteiger partial charge on any atom is -0.496 e. The molecule has 1 aliphatic heterocycles. The van der Waals surface area contributed by atoms with Crippen LogP contribution < -0.4 is 14.8 Å². The van der Waals surface area contributed by atoms with E-state index in [0.29, 0.717) is 23.6 Å². The summed E-state index contributed by atoms with van der Waals surface area (Å²) in [5.41, 5.74) is 0.517. The highest BCUT2D eigenvalue weighted by molar-refractivity contribution is 6.00. The van der Waals surface area contributed by atoms with E-state index in [1.54, 1.807) is 26.4 Å². The molecule has 1 aromatic carbocycles. The number of rotatable bonds is 5. The van der Waals surface area contributed by atoms with E-state index in [1.807, 2.05) is 17.9 Å². The number of hydrogen-bond donors (Lipinski definition) is 1. The molecule has 2 rings (SSSR count). The van der Waals surface area contributed by atoms with Crippen LogP contribution in [-0.2, 0) is 0 Å². The number of carbonyl (C=O) groups excluding carboxylic acids is 1. The zero-order valence-electron chi connectivity index (χ0n) is 13.0. The Morgan fingerprint density at radius 1 is 1.24 bits per heavy atom. The molecule has 1 amide bonds. The lowest BCUT2D eigenvalue weighted by atomic mass is 10.0. The van der Waals surface area contributed by atoms with Gasteiger partial charge < -0.3 is 19.7 Å². The van der Waals surface area contributed by atoms with Gasteiger partial charge in [0, 0.05) is 12.6 Å². The molecule has 0 unspecified atom stereocenters. The molecule has 0 bridgehead atoms. The second-order valence-electron chi connectivity index (χ2n) is 5.11. The number of nitrogens with one attached hydrogen (secondary N) is 1. The Balaban J connectivity index is 2.32. The number of carbonyl (C=O) groups is 1. The zero-order valence-corrected chi connectivity index (χ0v) is 13.0. The fourth-order valence-corrected chi connectivity index (χ4v) is 2.89. The summed E-state index contributed by atoms with van der Waals surface area (Å²) in [4.78, 5) is 14.9. The van der Waals surface area contributed by atoms with Crippen molar-refractivity contribution in [2.24, 2.45) is 0 Å². The summed E-state index contributed by atoms with van der Waals surface area (Å²) in [6.45, 7) is 4.61. The molecule has 0 spiro atoms. The molecule has 0 aliphatic carbocycles. The lowest BCUT2D eigenvalue weighted by Crippen LogP contribution is -2.46. The number of piperidine rings is 1. The minimum atomic E-state index is -0.0151. The van der Waals surface area contributed by atoms with Crippen molar-refractivity contribution < 1.29 is 14.3 Å². The van der Waals surface area contributed by atoms with E-state index in [9.17, 15) is 4.79 Å². The largest absolute Gasteiger partial charge is 0.496 e. The van der Waals surface area contributed by atoms with Gasteiger partial charge in [0.1, 0.15) is 17.1 Å². The third-order valence-corrected chi connectivity index (χ3v) is 3.99. The van der Waals surface area contributed by atoms with Crippen molar-refractivity contribution >= 4 is 5.91 Å². The summed E-state index contributed by atoms with van der Waals surface area (Å²) in [5, 5.41) is 3.33. The van der Waals surface area contributed by atoms with Crippen LogP contribution in [0.25, 0.3) is 0 Å². The van der Waals surface area contributed by atoms with Crippen LogP contribution in [0.2, 0.25) is 0 Å². The van der Waals surface area contributed by atoms with Gasteiger partial charge in [-0.25, -0.2) is 0 Å². The molecule has 5 heteroatoms. The van der Waals surface area contributed by atoms with Gasteiger partial charge in [-0.1, -0.05) is 6.07 Å². The van der Waals surface area contributed by atoms with Crippen LogP contribution in [0.5, 0.6) is 11.5 Å². The second kappa shape index (κ2) is 7.31. The van der Waals surface area contributed by atoms with Crippen LogP contribution in [0.1, 0.15) is 30.1 Å². The maximum Gasteiger partial charge on any atom is 0.261 e. The molecule has 1 aliphatic rings. The van der Waals surface area contributed by atoms with Crippen molar-refractivity contribution in [1.82, 2.24) is 10.2 Å². The van der Waals surface area contributed by atoms with E-state index in [-0.39, 0.29) is 11.9 Å². The number of nitrogens with zero attached hydrogens (tertiary/aromatic N) is 1. The number of ether oxygens (including phenoxy) is 2. The van der Waals surface area contributed by atoms with Crippen LogP contribution in [-0.4, -0.2) is 50.7 Å². The Labute approximate surface area is 126 Å². The molecule has 21 heavy (non-hydrogen) atoms. The molecule has 1 saturated heterocycles. The summed E-state index contributed by atoms with van der Waals surface area (Å²) in [6.07, 6.45) is 1.97. The van der Waals surface area contributed by atoms with Gasteiger partial charge in [-0.05, 0) is 45.0 Å². The Morgan fingerprint density at radius 2 is 1.81 bits per heavy atom. The van der Waals surface area contributed by atoms with Gasteiger partial charge in [-0.15, -0.1) is 0 Å². The van der Waals surface area contributed by atoms with E-state index < -0.39 is 0 Å². The minimum absolute atomic E-state index is 0.0151. The van der Waals surface area contributed by atoms with Gasteiger partial charge in [-0.2, -0.15) is 0 Å². The fourth-order valence-electron chi connectivity index (χ4n) is 2.89. The summed E-state index contributed by atoms with van der Waals surface area (Å²) in [5.74, 6) is 1.11. The Kier molecular flexibility index (Phi) is 5.44. The Bertz CT molecular complexity index is 462. The third kappa shape index (κ3) is 3.29. The van der Waals surface area contributed by atoms with Gasteiger partial charge in [0.25, 0.3) is 5.91 Å². The highest BCUT2D eigenvalue weighted by atomic mass is 16.5. The van der Waals surface area contributed by atoms with Crippen molar-refractivity contribution in [3.8, 4) is 11.5 Å². The van der Waals surface area contributed by atoms with Crippen molar-refractivity contribution in [3.05, 3.63) is 23.8 Å². The summed E-state index contributed by atoms with van der Waals surface area (Å²) in [7, 11) is 3.15. The molecule has 0 saturated carbocycles. The van der Waals surface area contributed by atoms with Gasteiger partial charge >= 0.3 is 0 Å². The van der Waals surface area contributed by atoms with Gasteiger partial charge in [0.05, 0.1) is 14.2 Å². The molecular weight excluding hydrogens is 268 g/mol. The van der Waals surface area contributed by atoms with Crippen molar-refractivity contribution in [2.45, 2.75) is 25.8 Å². The summed E-state index contributed by atoms with van der Waals surface area (Å²) in [6, 6.07) is 5.70. The smallest absolute Gasteiger partial charge is 0.261 e. The van der Waals surface area contributed by atoms with Gasteiger partial charge in [-0.3, -0.25) is 4.79 Å². The van der Waals surface area contributed by atoms with Crippen LogP contribution >= 0.6 is 0 Å². The monoisotopic (exact) mass is 292 g/mol. The standard InChI is InChI=1S/C16H24N2O3/c1-4-18(12-8-10-17-11-9-12)16(19)15-13(20-2)6-5-7-14(15)21-3/h5-7,12,17H,4,8-11H2,1-3H3. The molecule has 0 aromatic heterocycles. The van der Waals surface area contributed by atoms with E-state index in [1.165, 1.54) is 0 Å². The molecule has 1 fully saturated rings. The van der Waals surface area contributed by atoms with Crippen LogP contribution in [0.3, 0.4) is 0 Å². The molecule has 116 valence electrons. The maximum absolute atomic E-state index is 13.0. The van der Waals surface area contributed by atoms with Gasteiger partial charge in [0.15, 0.2) is 0 Å². The normalized spacial score (nSPS) is 15.6. The number of methoxy groups -OCH3 is 2. The average Bonchev–Trinajstić information content (AvgIpc) is 2.55. The number of hydrogen-bond acceptors (Lipinski definition) is 4. The maximum atomic E-state index is 13.0. The Hall–Kier alpha value is -1.75. The van der Waals surface area contributed by atoms with E-state index in [2.05, 4.69) is 5.32 Å². The van der Waals surface area contributed by atoms with Gasteiger partial charge in [0.2, 0.25) is 0 Å². The molecular formula is C16H24N2O3. The topological polar surface area (TPSA) is 50.8 Å². The highest BCUT2D eigenvalue weighted by Gasteiger charge is 2.28. The summed E-state index contributed by atoms with van der Waals surface area (Å²) < 4.78 is 10.7. The molecule has 5 nitrogen and oxygen atoms in total. The summed E-state index contributed by atoms with van der Waals surface area (Å²) >= 11 is 0. The van der Waals surface area contributed by atoms with Crippen molar-refractivity contribution in [3.63, 3.8) is 0 Å². The average molecular weight is 292 g/mol. The SMILES string of the molecule is CCN(C(=O)c1c(OC)cccc1OC)C1CCNCC1. The first-order valence-corrected chi connectivity index (χ1v) is 7.45. The third-order valence-electron chi connectivity index (χ3n) is 3.99. The second-order valence-corrected chi connectivity index (χ2v) is 5.11. The van der Waals surface area contributed by atoms with E-state index >= 15 is 0 Å². The first kappa shape index (κ1) is 15.6. The van der Waals surface area contributed by atoms with Crippen molar-refractivity contribution in [2.75, 3.05) is 33.9 Å². The quantitative estimate of drug-likeness (QED) is 0.901. The van der Waals surface area contributed by atoms with E-state index in [0.717, 1.165) is 25.9 Å². The fraction of sp³-hybridized carbons (Fsp3) is 0.562. The van der Waals surface area contributed by atoms with Crippen molar-refractivity contribution in [1.29, 1.82) is 0 Å². The molecule has 1 aromatic rings. The molecule has 0 atom stereocenters. The van der Waals surface area contributed by atoms with E-state index in [4.69, 9.17) is 9.47 Å². The predicted octanol–water partition coefficient (Wildman–Crippen LogP) is 1.92. The van der Waals surface area contributed by atoms with Crippen LogP contribution in [0, 0.1) is 0 Å². The molecule has 0 radical (unpaired) electrons. The number of benzene rings is 1. The zero-order chi connectivity index (χ0) is 15.2.